The van der Waals surface area contributed by atoms with E-state index in [2.05, 4.69) is 16.0 Å². The first kappa shape index (κ1) is 18.0. The van der Waals surface area contributed by atoms with E-state index in [1.54, 1.807) is 12.0 Å². The summed E-state index contributed by atoms with van der Waals surface area (Å²) >= 11 is 0. The smallest absolute Gasteiger partial charge is 0.326 e. The van der Waals surface area contributed by atoms with Gasteiger partial charge in [-0.2, -0.15) is 0 Å². The van der Waals surface area contributed by atoms with Crippen LogP contribution in [0, 0.1) is 6.92 Å². The van der Waals surface area contributed by atoms with Gasteiger partial charge in [0.1, 0.15) is 0 Å². The number of rotatable bonds is 6. The molecule has 0 fully saturated rings. The van der Waals surface area contributed by atoms with Crippen molar-refractivity contribution >= 4 is 28.3 Å². The van der Waals surface area contributed by atoms with Crippen LogP contribution in [0.25, 0.3) is 10.9 Å². The van der Waals surface area contributed by atoms with Crippen molar-refractivity contribution < 1.29 is 9.53 Å². The van der Waals surface area contributed by atoms with Gasteiger partial charge < -0.3 is 14.6 Å². The highest BCUT2D eigenvalue weighted by molar-refractivity contribution is 6.07. The maximum absolute atomic E-state index is 12.9. The minimum absolute atomic E-state index is 0.132. The van der Waals surface area contributed by atoms with Gasteiger partial charge in [-0.15, -0.1) is 0 Å². The lowest BCUT2D eigenvalue weighted by molar-refractivity contribution is 0.188. The van der Waals surface area contributed by atoms with Crippen LogP contribution in [-0.4, -0.2) is 30.9 Å². The number of aryl methyl sites for hydroxylation is 1. The Labute approximate surface area is 154 Å². The van der Waals surface area contributed by atoms with E-state index in [1.165, 1.54) is 0 Å². The number of hydrogen-bond donors (Lipinski definition) is 1. The Morgan fingerprint density at radius 1 is 1.19 bits per heavy atom. The number of carbonyl (C=O) groups excluding carboxylic acids is 1. The molecule has 0 aliphatic heterocycles. The van der Waals surface area contributed by atoms with Crippen LogP contribution in [0.4, 0.5) is 16.2 Å². The lowest BCUT2D eigenvalue weighted by atomic mass is 10.2. The second-order valence-electron chi connectivity index (χ2n) is 6.26. The number of ether oxygens (including phenoxy) is 1. The summed E-state index contributed by atoms with van der Waals surface area (Å²) in [4.78, 5) is 14.6. The molecule has 0 radical (unpaired) electrons. The number of urea groups is 1. The molecule has 1 heterocycles. The zero-order valence-electron chi connectivity index (χ0n) is 15.5. The van der Waals surface area contributed by atoms with Crippen LogP contribution in [-0.2, 0) is 11.3 Å². The first-order valence-corrected chi connectivity index (χ1v) is 8.86. The number of carbonyl (C=O) groups is 1. The fourth-order valence-corrected chi connectivity index (χ4v) is 3.14. The van der Waals surface area contributed by atoms with Crippen LogP contribution in [0.2, 0.25) is 0 Å². The minimum atomic E-state index is -0.132. The predicted octanol–water partition coefficient (Wildman–Crippen LogP) is 4.65. The van der Waals surface area contributed by atoms with Gasteiger partial charge in [0.05, 0.1) is 17.8 Å². The standard InChI is InChI=1S/C21H25N3O2/c1-4-24(17-9-7-8-16(2)14-17)21(25)22-19-15-23(12-13-26-3)20-11-6-5-10-18(19)20/h5-11,14-15H,4,12-13H2,1-3H3,(H,22,25). The Morgan fingerprint density at radius 3 is 2.73 bits per heavy atom. The van der Waals surface area contributed by atoms with Crippen molar-refractivity contribution in [3.63, 3.8) is 0 Å². The Bertz CT molecular complexity index is 901. The Hall–Kier alpha value is -2.79. The molecule has 0 saturated carbocycles. The number of nitrogens with one attached hydrogen (secondary N) is 1. The highest BCUT2D eigenvalue weighted by atomic mass is 16.5. The third kappa shape index (κ3) is 3.73. The molecular weight excluding hydrogens is 326 g/mol. The van der Waals surface area contributed by atoms with Crippen molar-refractivity contribution in [3.8, 4) is 0 Å². The van der Waals surface area contributed by atoms with E-state index in [-0.39, 0.29) is 6.03 Å². The van der Waals surface area contributed by atoms with Crippen LogP contribution in [0.5, 0.6) is 0 Å². The number of nitrogens with zero attached hydrogens (tertiary/aromatic N) is 2. The number of methoxy groups -OCH3 is 1. The molecular formula is C21H25N3O2. The van der Waals surface area contributed by atoms with Crippen molar-refractivity contribution in [2.45, 2.75) is 20.4 Å². The summed E-state index contributed by atoms with van der Waals surface area (Å²) in [5.41, 5.74) is 3.92. The van der Waals surface area contributed by atoms with E-state index in [9.17, 15) is 4.79 Å². The van der Waals surface area contributed by atoms with E-state index in [4.69, 9.17) is 4.74 Å². The molecule has 2 aromatic carbocycles. The molecule has 0 bridgehead atoms. The molecule has 0 aliphatic carbocycles. The fourth-order valence-electron chi connectivity index (χ4n) is 3.14. The monoisotopic (exact) mass is 351 g/mol. The minimum Gasteiger partial charge on any atom is -0.383 e. The number of benzene rings is 2. The molecule has 1 N–H and O–H groups in total. The molecule has 5 heteroatoms. The van der Waals surface area contributed by atoms with Gasteiger partial charge in [-0.05, 0) is 37.6 Å². The SMILES string of the molecule is CCN(C(=O)Nc1cn(CCOC)c2ccccc12)c1cccc(C)c1. The van der Waals surface area contributed by atoms with Gasteiger partial charge in [0.2, 0.25) is 0 Å². The van der Waals surface area contributed by atoms with Crippen LogP contribution in [0.15, 0.2) is 54.7 Å². The van der Waals surface area contributed by atoms with Crippen molar-refractivity contribution in [2.75, 3.05) is 30.5 Å². The average molecular weight is 351 g/mol. The van der Waals surface area contributed by atoms with Gasteiger partial charge in [-0.1, -0.05) is 30.3 Å². The number of para-hydroxylation sites is 1. The van der Waals surface area contributed by atoms with Gasteiger partial charge in [-0.3, -0.25) is 4.90 Å². The van der Waals surface area contributed by atoms with Crippen LogP contribution in [0.3, 0.4) is 0 Å². The zero-order chi connectivity index (χ0) is 18.5. The molecule has 5 nitrogen and oxygen atoms in total. The van der Waals surface area contributed by atoms with Crippen LogP contribution < -0.4 is 10.2 Å². The molecule has 3 rings (SSSR count). The third-order valence-corrected chi connectivity index (χ3v) is 4.44. The molecule has 136 valence electrons. The van der Waals surface area contributed by atoms with Gasteiger partial charge >= 0.3 is 6.03 Å². The Morgan fingerprint density at radius 2 is 2.00 bits per heavy atom. The van der Waals surface area contributed by atoms with E-state index < -0.39 is 0 Å². The summed E-state index contributed by atoms with van der Waals surface area (Å²) in [5, 5.41) is 4.10. The molecule has 2 amide bonds. The second-order valence-corrected chi connectivity index (χ2v) is 6.26. The van der Waals surface area contributed by atoms with E-state index >= 15 is 0 Å². The molecule has 26 heavy (non-hydrogen) atoms. The number of hydrogen-bond acceptors (Lipinski definition) is 2. The van der Waals surface area contributed by atoms with E-state index in [0.717, 1.165) is 34.4 Å². The molecule has 0 spiro atoms. The van der Waals surface area contributed by atoms with Gasteiger partial charge in [-0.25, -0.2) is 4.79 Å². The molecule has 0 saturated heterocycles. The lowest BCUT2D eigenvalue weighted by Crippen LogP contribution is -2.34. The Kier molecular flexibility index (Phi) is 5.58. The van der Waals surface area contributed by atoms with Crippen molar-refractivity contribution in [3.05, 3.63) is 60.3 Å². The van der Waals surface area contributed by atoms with Gasteiger partial charge in [0, 0.05) is 37.5 Å². The quantitative estimate of drug-likeness (QED) is 0.702. The molecule has 0 unspecified atom stereocenters. The van der Waals surface area contributed by atoms with Crippen molar-refractivity contribution in [1.82, 2.24) is 4.57 Å². The number of anilines is 2. The molecule has 0 aliphatic rings. The summed E-state index contributed by atoms with van der Waals surface area (Å²) in [6, 6.07) is 15.9. The van der Waals surface area contributed by atoms with Crippen LogP contribution >= 0.6 is 0 Å². The first-order valence-electron chi connectivity index (χ1n) is 8.86. The zero-order valence-corrected chi connectivity index (χ0v) is 15.5. The topological polar surface area (TPSA) is 46.5 Å². The highest BCUT2D eigenvalue weighted by Crippen LogP contribution is 2.27. The number of amides is 2. The molecule has 3 aromatic rings. The van der Waals surface area contributed by atoms with E-state index in [1.807, 2.05) is 62.5 Å². The Balaban J connectivity index is 1.88. The summed E-state index contributed by atoms with van der Waals surface area (Å²) in [6.45, 7) is 5.96. The summed E-state index contributed by atoms with van der Waals surface area (Å²) in [5.74, 6) is 0. The summed E-state index contributed by atoms with van der Waals surface area (Å²) in [7, 11) is 1.69. The molecule has 0 atom stereocenters. The van der Waals surface area contributed by atoms with Gasteiger partial charge in [0.25, 0.3) is 0 Å². The average Bonchev–Trinajstić information content (AvgIpc) is 2.98. The maximum Gasteiger partial charge on any atom is 0.326 e. The van der Waals surface area contributed by atoms with Crippen molar-refractivity contribution in [1.29, 1.82) is 0 Å². The predicted molar refractivity (Wildman–Crippen MR) is 107 cm³/mol. The first-order chi connectivity index (χ1) is 12.6. The fraction of sp³-hybridized carbons (Fsp3) is 0.286. The number of aromatic nitrogens is 1. The summed E-state index contributed by atoms with van der Waals surface area (Å²) < 4.78 is 7.30. The van der Waals surface area contributed by atoms with Crippen LogP contribution in [0.1, 0.15) is 12.5 Å². The molecule has 1 aromatic heterocycles. The van der Waals surface area contributed by atoms with E-state index in [0.29, 0.717) is 13.2 Å². The third-order valence-electron chi connectivity index (χ3n) is 4.44. The number of fused-ring (bicyclic) bond motifs is 1. The maximum atomic E-state index is 12.9. The normalized spacial score (nSPS) is 10.9. The highest BCUT2D eigenvalue weighted by Gasteiger charge is 2.17. The van der Waals surface area contributed by atoms with Gasteiger partial charge in [0.15, 0.2) is 0 Å². The summed E-state index contributed by atoms with van der Waals surface area (Å²) in [6.07, 6.45) is 1.98. The van der Waals surface area contributed by atoms with Crippen molar-refractivity contribution in [2.24, 2.45) is 0 Å². The second kappa shape index (κ2) is 8.06. The largest absolute Gasteiger partial charge is 0.383 e. The lowest BCUT2D eigenvalue weighted by Gasteiger charge is -2.21.